The van der Waals surface area contributed by atoms with Crippen molar-refractivity contribution >= 4 is 6.03 Å². The molecule has 8 nitrogen and oxygen atoms in total. The van der Waals surface area contributed by atoms with Crippen molar-refractivity contribution in [1.82, 2.24) is 30.1 Å². The molecule has 2 amide bonds. The van der Waals surface area contributed by atoms with Crippen LogP contribution >= 0.6 is 0 Å². The van der Waals surface area contributed by atoms with Crippen LogP contribution < -0.4 is 5.32 Å². The van der Waals surface area contributed by atoms with Gasteiger partial charge in [0.2, 0.25) is 0 Å². The minimum absolute atomic E-state index is 0.0466. The molecule has 1 fully saturated rings. The van der Waals surface area contributed by atoms with E-state index >= 15 is 0 Å². The summed E-state index contributed by atoms with van der Waals surface area (Å²) in [7, 11) is 1.92. The van der Waals surface area contributed by atoms with Crippen molar-refractivity contribution in [2.75, 3.05) is 6.54 Å². The molecule has 8 heteroatoms. The van der Waals surface area contributed by atoms with Gasteiger partial charge in [-0.05, 0) is 26.7 Å². The molecule has 0 spiro atoms. The van der Waals surface area contributed by atoms with Crippen LogP contribution in [0.25, 0.3) is 11.6 Å². The van der Waals surface area contributed by atoms with Crippen molar-refractivity contribution in [3.05, 3.63) is 17.1 Å². The normalized spacial score (nSPS) is 17.2. The van der Waals surface area contributed by atoms with E-state index in [-0.39, 0.29) is 12.1 Å². The molecule has 0 atom stereocenters. The van der Waals surface area contributed by atoms with E-state index in [0.29, 0.717) is 30.6 Å². The summed E-state index contributed by atoms with van der Waals surface area (Å²) in [4.78, 5) is 18.6. The summed E-state index contributed by atoms with van der Waals surface area (Å²) < 4.78 is 7.30. The summed E-state index contributed by atoms with van der Waals surface area (Å²) in [6, 6.07) is 0.0685. The van der Waals surface area contributed by atoms with Gasteiger partial charge in [-0.25, -0.2) is 4.79 Å². The lowest BCUT2D eigenvalue weighted by Crippen LogP contribution is -2.45. The molecule has 2 aromatic rings. The lowest BCUT2D eigenvalue weighted by atomic mass is 10.1. The summed E-state index contributed by atoms with van der Waals surface area (Å²) in [5.74, 6) is 1.67. The average molecular weight is 330 g/mol. The molecule has 1 aliphatic carbocycles. The number of hydrogen-bond donors (Lipinski definition) is 1. The predicted molar refractivity (Wildman–Crippen MR) is 86.3 cm³/mol. The van der Waals surface area contributed by atoms with Crippen molar-refractivity contribution in [2.45, 2.75) is 51.6 Å². The average Bonchev–Trinajstić information content (AvgIpc) is 3.19. The Balaban J connectivity index is 1.62. The molecule has 2 aliphatic rings. The maximum absolute atomic E-state index is 12.3. The molecule has 0 bridgehead atoms. The summed E-state index contributed by atoms with van der Waals surface area (Å²) in [5.41, 5.74) is 2.84. The number of nitrogens with zero attached hydrogens (tertiary/aromatic N) is 5. The monoisotopic (exact) mass is 330 g/mol. The molecule has 0 saturated heterocycles. The third-order valence-electron chi connectivity index (χ3n) is 4.53. The van der Waals surface area contributed by atoms with Crippen molar-refractivity contribution in [3.8, 4) is 11.6 Å². The smallest absolute Gasteiger partial charge is 0.317 e. The Kier molecular flexibility index (Phi) is 3.54. The number of hydrogen-bond acceptors (Lipinski definition) is 5. The third-order valence-corrected chi connectivity index (χ3v) is 4.53. The highest BCUT2D eigenvalue weighted by molar-refractivity contribution is 5.75. The van der Waals surface area contributed by atoms with E-state index in [1.807, 2.05) is 30.5 Å². The Labute approximate surface area is 140 Å². The van der Waals surface area contributed by atoms with Gasteiger partial charge in [0.1, 0.15) is 0 Å². The fraction of sp³-hybridized carbons (Fsp3) is 0.625. The second-order valence-electron chi connectivity index (χ2n) is 6.91. The molecular weight excluding hydrogens is 308 g/mol. The fourth-order valence-corrected chi connectivity index (χ4v) is 3.11. The summed E-state index contributed by atoms with van der Waals surface area (Å²) in [6.07, 6.45) is 3.03. The summed E-state index contributed by atoms with van der Waals surface area (Å²) >= 11 is 0. The number of nitrogens with one attached hydrogen (secondary N) is 1. The molecule has 1 aliphatic heterocycles. The molecule has 1 N–H and O–H groups in total. The van der Waals surface area contributed by atoms with Crippen molar-refractivity contribution in [1.29, 1.82) is 0 Å². The van der Waals surface area contributed by atoms with Gasteiger partial charge < -0.3 is 14.7 Å². The van der Waals surface area contributed by atoms with Gasteiger partial charge in [-0.2, -0.15) is 10.1 Å². The SMILES string of the molecule is CC(C)NC(=O)N1CCc2c(c(-c3nc(C4CC4)no3)nn2C)C1. The number of amides is 2. The number of carbonyl (C=O) groups excluding carboxylic acids is 1. The highest BCUT2D eigenvalue weighted by atomic mass is 16.5. The van der Waals surface area contributed by atoms with Crippen LogP contribution in [0, 0.1) is 0 Å². The summed E-state index contributed by atoms with van der Waals surface area (Å²) in [6.45, 7) is 5.11. The van der Waals surface area contributed by atoms with Crippen LogP contribution in [0.15, 0.2) is 4.52 Å². The first-order valence-corrected chi connectivity index (χ1v) is 8.47. The maximum atomic E-state index is 12.3. The first-order chi connectivity index (χ1) is 11.5. The number of carbonyl (C=O) groups is 1. The topological polar surface area (TPSA) is 89.1 Å². The van der Waals surface area contributed by atoms with Crippen LogP contribution in [0.1, 0.15) is 49.7 Å². The Morgan fingerprint density at radius 2 is 2.17 bits per heavy atom. The number of fused-ring (bicyclic) bond motifs is 1. The van der Waals surface area contributed by atoms with Crippen LogP contribution in [-0.4, -0.2) is 43.4 Å². The highest BCUT2D eigenvalue weighted by Crippen LogP contribution is 2.39. The first-order valence-electron chi connectivity index (χ1n) is 8.47. The number of urea groups is 1. The highest BCUT2D eigenvalue weighted by Gasteiger charge is 2.32. The van der Waals surface area contributed by atoms with Gasteiger partial charge in [0, 0.05) is 43.2 Å². The second-order valence-corrected chi connectivity index (χ2v) is 6.91. The Morgan fingerprint density at radius 1 is 1.38 bits per heavy atom. The van der Waals surface area contributed by atoms with Crippen LogP contribution in [0.5, 0.6) is 0 Å². The van der Waals surface area contributed by atoms with Gasteiger partial charge in [-0.1, -0.05) is 5.16 Å². The second kappa shape index (κ2) is 5.61. The maximum Gasteiger partial charge on any atom is 0.317 e. The zero-order chi connectivity index (χ0) is 16.8. The fourth-order valence-electron chi connectivity index (χ4n) is 3.11. The van der Waals surface area contributed by atoms with E-state index in [1.165, 1.54) is 0 Å². The quantitative estimate of drug-likeness (QED) is 0.927. The Hall–Kier alpha value is -2.38. The molecule has 2 aromatic heterocycles. The van der Waals surface area contributed by atoms with E-state index in [0.717, 1.165) is 36.3 Å². The predicted octanol–water partition coefficient (Wildman–Crippen LogP) is 1.82. The van der Waals surface area contributed by atoms with Crippen molar-refractivity contribution < 1.29 is 9.32 Å². The van der Waals surface area contributed by atoms with Gasteiger partial charge in [0.25, 0.3) is 5.89 Å². The largest absolute Gasteiger partial charge is 0.336 e. The van der Waals surface area contributed by atoms with Crippen LogP contribution in [-0.2, 0) is 20.0 Å². The van der Waals surface area contributed by atoms with Gasteiger partial charge in [0.15, 0.2) is 11.5 Å². The van der Waals surface area contributed by atoms with E-state index < -0.39 is 0 Å². The van der Waals surface area contributed by atoms with E-state index in [1.54, 1.807) is 0 Å². The molecule has 128 valence electrons. The lowest BCUT2D eigenvalue weighted by molar-refractivity contribution is 0.189. The van der Waals surface area contributed by atoms with Gasteiger partial charge in [-0.15, -0.1) is 0 Å². The van der Waals surface area contributed by atoms with E-state index in [9.17, 15) is 4.79 Å². The van der Waals surface area contributed by atoms with Crippen LogP contribution in [0.4, 0.5) is 4.79 Å². The number of rotatable bonds is 3. The zero-order valence-corrected chi connectivity index (χ0v) is 14.2. The van der Waals surface area contributed by atoms with E-state index in [4.69, 9.17) is 4.52 Å². The van der Waals surface area contributed by atoms with Crippen LogP contribution in [0.2, 0.25) is 0 Å². The molecular formula is C16H22N6O2. The first kappa shape index (κ1) is 15.2. The minimum Gasteiger partial charge on any atom is -0.336 e. The Bertz CT molecular complexity index is 774. The lowest BCUT2D eigenvalue weighted by Gasteiger charge is -2.28. The molecule has 0 aromatic carbocycles. The minimum atomic E-state index is -0.0466. The molecule has 3 heterocycles. The molecule has 4 rings (SSSR count). The van der Waals surface area contributed by atoms with Gasteiger partial charge in [-0.3, -0.25) is 4.68 Å². The van der Waals surface area contributed by atoms with Gasteiger partial charge >= 0.3 is 6.03 Å². The molecule has 0 unspecified atom stereocenters. The van der Waals surface area contributed by atoms with E-state index in [2.05, 4.69) is 20.6 Å². The molecule has 24 heavy (non-hydrogen) atoms. The zero-order valence-electron chi connectivity index (χ0n) is 14.2. The number of aromatic nitrogens is 4. The van der Waals surface area contributed by atoms with Crippen molar-refractivity contribution in [3.63, 3.8) is 0 Å². The van der Waals surface area contributed by atoms with Crippen LogP contribution in [0.3, 0.4) is 0 Å². The van der Waals surface area contributed by atoms with Gasteiger partial charge in [0.05, 0.1) is 6.54 Å². The summed E-state index contributed by atoms with van der Waals surface area (Å²) in [5, 5.41) is 11.6. The third kappa shape index (κ3) is 2.65. The Morgan fingerprint density at radius 3 is 2.88 bits per heavy atom. The number of aryl methyl sites for hydroxylation is 1. The standard InChI is InChI=1S/C16H22N6O2/c1-9(2)17-16(23)22-7-6-12-11(8-22)13(19-21(12)3)15-18-14(20-24-15)10-4-5-10/h9-10H,4-8H2,1-3H3,(H,17,23). The molecule has 0 radical (unpaired) electrons. The van der Waals surface area contributed by atoms with Crippen molar-refractivity contribution in [2.24, 2.45) is 7.05 Å². The molecule has 1 saturated carbocycles.